The normalized spacial score (nSPS) is 18.2. The Hall–Kier alpha value is -2.33. The van der Waals surface area contributed by atoms with Crippen molar-refractivity contribution in [2.24, 2.45) is 0 Å². The first kappa shape index (κ1) is 16.5. The van der Waals surface area contributed by atoms with Crippen LogP contribution < -0.4 is 4.90 Å². The van der Waals surface area contributed by atoms with E-state index in [1.54, 1.807) is 4.90 Å². The van der Waals surface area contributed by atoms with E-state index in [1.807, 2.05) is 75.4 Å². The quantitative estimate of drug-likeness (QED) is 0.905. The Kier molecular flexibility index (Phi) is 4.33. The van der Waals surface area contributed by atoms with Gasteiger partial charge >= 0.3 is 6.09 Å². The molecule has 0 unspecified atom stereocenters. The molecule has 1 N–H and O–H groups in total. The van der Waals surface area contributed by atoms with Crippen LogP contribution in [0.2, 0.25) is 0 Å². The molecule has 0 aromatic heterocycles. The van der Waals surface area contributed by atoms with Gasteiger partial charge in [-0.2, -0.15) is 0 Å². The number of nitrogens with zero attached hydrogens (tertiary/aromatic N) is 1. The lowest BCUT2D eigenvalue weighted by Gasteiger charge is -2.31. The molecule has 0 radical (unpaired) electrons. The van der Waals surface area contributed by atoms with Crippen LogP contribution in [-0.4, -0.2) is 22.8 Å². The van der Waals surface area contributed by atoms with E-state index in [9.17, 15) is 9.90 Å². The minimum Gasteiger partial charge on any atom is -0.443 e. The van der Waals surface area contributed by atoms with Gasteiger partial charge in [0.1, 0.15) is 11.7 Å². The van der Waals surface area contributed by atoms with Crippen molar-refractivity contribution in [1.82, 2.24) is 0 Å². The molecule has 0 saturated heterocycles. The highest BCUT2D eigenvalue weighted by atomic mass is 16.6. The maximum absolute atomic E-state index is 12.8. The van der Waals surface area contributed by atoms with Crippen molar-refractivity contribution in [3.05, 3.63) is 65.7 Å². The summed E-state index contributed by atoms with van der Waals surface area (Å²) in [6.07, 6.45) is -0.593. The van der Waals surface area contributed by atoms with Gasteiger partial charge in [0.25, 0.3) is 0 Å². The van der Waals surface area contributed by atoms with Crippen LogP contribution in [-0.2, 0) is 11.2 Å². The second kappa shape index (κ2) is 6.29. The minimum atomic E-state index is -0.772. The number of anilines is 1. The fourth-order valence-electron chi connectivity index (χ4n) is 3.08. The zero-order valence-corrected chi connectivity index (χ0v) is 14.3. The van der Waals surface area contributed by atoms with Crippen LogP contribution in [0, 0.1) is 0 Å². The molecule has 0 aliphatic carbocycles. The first-order valence-electron chi connectivity index (χ1n) is 8.20. The number of aliphatic hydroxyl groups is 1. The van der Waals surface area contributed by atoms with Gasteiger partial charge in [0.05, 0.1) is 11.7 Å². The lowest BCUT2D eigenvalue weighted by atomic mass is 9.99. The fourth-order valence-corrected chi connectivity index (χ4v) is 3.08. The Morgan fingerprint density at radius 1 is 1.12 bits per heavy atom. The van der Waals surface area contributed by atoms with E-state index in [1.165, 1.54) is 0 Å². The van der Waals surface area contributed by atoms with Crippen LogP contribution in [0.15, 0.2) is 54.6 Å². The zero-order valence-electron chi connectivity index (χ0n) is 14.3. The summed E-state index contributed by atoms with van der Waals surface area (Å²) in [6, 6.07) is 16.8. The Morgan fingerprint density at radius 2 is 1.75 bits per heavy atom. The van der Waals surface area contributed by atoms with Crippen molar-refractivity contribution < 1.29 is 14.6 Å². The second-order valence-corrected chi connectivity index (χ2v) is 7.11. The van der Waals surface area contributed by atoms with Crippen molar-refractivity contribution in [1.29, 1.82) is 0 Å². The summed E-state index contributed by atoms with van der Waals surface area (Å²) in [4.78, 5) is 14.4. The Bertz CT molecular complexity index is 721. The summed E-state index contributed by atoms with van der Waals surface area (Å²) in [6.45, 7) is 5.53. The molecule has 4 heteroatoms. The fraction of sp³-hybridized carbons (Fsp3) is 0.350. The summed E-state index contributed by atoms with van der Waals surface area (Å²) in [5.41, 5.74) is 2.07. The lowest BCUT2D eigenvalue weighted by Crippen LogP contribution is -2.44. The predicted molar refractivity (Wildman–Crippen MR) is 94.0 cm³/mol. The Morgan fingerprint density at radius 3 is 2.42 bits per heavy atom. The van der Waals surface area contributed by atoms with E-state index >= 15 is 0 Å². The maximum Gasteiger partial charge on any atom is 0.415 e. The van der Waals surface area contributed by atoms with Crippen LogP contribution >= 0.6 is 0 Å². The molecular weight excluding hydrogens is 302 g/mol. The molecule has 3 rings (SSSR count). The molecule has 126 valence electrons. The molecule has 1 aliphatic heterocycles. The minimum absolute atomic E-state index is 0.375. The Labute approximate surface area is 142 Å². The van der Waals surface area contributed by atoms with Gasteiger partial charge < -0.3 is 9.84 Å². The van der Waals surface area contributed by atoms with Crippen LogP contribution in [0.1, 0.15) is 38.0 Å². The van der Waals surface area contributed by atoms with E-state index in [0.717, 1.165) is 16.8 Å². The van der Waals surface area contributed by atoms with Gasteiger partial charge in [-0.1, -0.05) is 48.5 Å². The molecule has 2 aromatic rings. The number of carbonyl (C=O) groups is 1. The molecule has 2 aromatic carbocycles. The first-order valence-corrected chi connectivity index (χ1v) is 8.20. The number of benzene rings is 2. The van der Waals surface area contributed by atoms with Gasteiger partial charge in [-0.15, -0.1) is 0 Å². The number of para-hydroxylation sites is 1. The highest BCUT2D eigenvalue weighted by Crippen LogP contribution is 2.38. The van der Waals surface area contributed by atoms with Crippen molar-refractivity contribution in [2.75, 3.05) is 4.90 Å². The first-order chi connectivity index (χ1) is 11.4. The number of hydrogen-bond donors (Lipinski definition) is 1. The van der Waals surface area contributed by atoms with E-state index in [0.29, 0.717) is 6.42 Å². The molecule has 0 fully saturated rings. The molecule has 1 amide bonds. The SMILES string of the molecule is CC(C)(C)OC(=O)N1c2ccccc2C[C@@H]1[C@H](O)c1ccccc1. The number of rotatable bonds is 2. The largest absolute Gasteiger partial charge is 0.443 e. The summed E-state index contributed by atoms with van der Waals surface area (Å²) >= 11 is 0. The molecule has 1 aliphatic rings. The number of amides is 1. The average Bonchev–Trinajstić information content (AvgIpc) is 2.93. The van der Waals surface area contributed by atoms with Gasteiger partial charge in [-0.3, -0.25) is 4.90 Å². The number of hydrogen-bond acceptors (Lipinski definition) is 3. The van der Waals surface area contributed by atoms with Gasteiger partial charge in [0.15, 0.2) is 0 Å². The van der Waals surface area contributed by atoms with Crippen LogP contribution in [0.3, 0.4) is 0 Å². The van der Waals surface area contributed by atoms with Crippen LogP contribution in [0.5, 0.6) is 0 Å². The molecule has 2 atom stereocenters. The van der Waals surface area contributed by atoms with Crippen molar-refractivity contribution in [2.45, 2.75) is 44.9 Å². The number of carbonyl (C=O) groups excluding carboxylic acids is 1. The van der Waals surface area contributed by atoms with E-state index < -0.39 is 17.8 Å². The Balaban J connectivity index is 1.95. The monoisotopic (exact) mass is 325 g/mol. The molecule has 0 saturated carbocycles. The van der Waals surface area contributed by atoms with Crippen LogP contribution in [0.4, 0.5) is 10.5 Å². The van der Waals surface area contributed by atoms with Gasteiger partial charge in [-0.05, 0) is 44.4 Å². The molecule has 0 bridgehead atoms. The molecule has 24 heavy (non-hydrogen) atoms. The van der Waals surface area contributed by atoms with Crippen molar-refractivity contribution in [3.8, 4) is 0 Å². The standard InChI is InChI=1S/C20H23NO3/c1-20(2,3)24-19(23)21-16-12-8-7-11-15(16)13-17(21)18(22)14-9-5-4-6-10-14/h4-12,17-18,22H,13H2,1-3H3/t17-,18-/m1/s1. The van der Waals surface area contributed by atoms with Gasteiger partial charge in [0, 0.05) is 0 Å². The summed E-state index contributed by atoms with van der Waals surface area (Å²) in [5, 5.41) is 10.9. The zero-order chi connectivity index (χ0) is 17.3. The van der Waals surface area contributed by atoms with E-state index in [2.05, 4.69) is 0 Å². The predicted octanol–water partition coefficient (Wildman–Crippen LogP) is 4.09. The summed E-state index contributed by atoms with van der Waals surface area (Å²) in [7, 11) is 0. The molecular formula is C20H23NO3. The van der Waals surface area contributed by atoms with E-state index in [4.69, 9.17) is 4.74 Å². The lowest BCUT2D eigenvalue weighted by molar-refractivity contribution is 0.0520. The van der Waals surface area contributed by atoms with Crippen molar-refractivity contribution in [3.63, 3.8) is 0 Å². The maximum atomic E-state index is 12.8. The molecule has 1 heterocycles. The number of aliphatic hydroxyl groups excluding tert-OH is 1. The summed E-state index contributed by atoms with van der Waals surface area (Å²) < 4.78 is 5.57. The highest BCUT2D eigenvalue weighted by Gasteiger charge is 2.40. The van der Waals surface area contributed by atoms with E-state index in [-0.39, 0.29) is 6.04 Å². The summed E-state index contributed by atoms with van der Waals surface area (Å²) in [5.74, 6) is 0. The molecule has 4 nitrogen and oxygen atoms in total. The second-order valence-electron chi connectivity index (χ2n) is 7.11. The van der Waals surface area contributed by atoms with Crippen LogP contribution in [0.25, 0.3) is 0 Å². The average molecular weight is 325 g/mol. The van der Waals surface area contributed by atoms with Gasteiger partial charge in [-0.25, -0.2) is 4.79 Å². The third-order valence-electron chi connectivity index (χ3n) is 4.11. The highest BCUT2D eigenvalue weighted by molar-refractivity contribution is 5.91. The molecule has 0 spiro atoms. The third-order valence-corrected chi connectivity index (χ3v) is 4.11. The van der Waals surface area contributed by atoms with Gasteiger partial charge in [0.2, 0.25) is 0 Å². The number of ether oxygens (including phenoxy) is 1. The number of fused-ring (bicyclic) bond motifs is 1. The van der Waals surface area contributed by atoms with Crippen molar-refractivity contribution >= 4 is 11.8 Å². The third kappa shape index (κ3) is 3.29. The smallest absolute Gasteiger partial charge is 0.415 e. The topological polar surface area (TPSA) is 49.8 Å².